The van der Waals surface area contributed by atoms with E-state index >= 15 is 0 Å². The third-order valence-electron chi connectivity index (χ3n) is 4.47. The van der Waals surface area contributed by atoms with Crippen molar-refractivity contribution in [2.24, 2.45) is 5.92 Å². The highest BCUT2D eigenvalue weighted by atomic mass is 19.4. The summed E-state index contributed by atoms with van der Waals surface area (Å²) in [5.41, 5.74) is 0. The van der Waals surface area contributed by atoms with Crippen molar-refractivity contribution < 1.29 is 17.6 Å². The molecule has 3 rings (SSSR count). The quantitative estimate of drug-likeness (QED) is 0.899. The Morgan fingerprint density at radius 1 is 1.19 bits per heavy atom. The van der Waals surface area contributed by atoms with Gasteiger partial charge in [0.2, 0.25) is 0 Å². The summed E-state index contributed by atoms with van der Waals surface area (Å²) in [4.78, 5) is 4.15. The van der Waals surface area contributed by atoms with E-state index in [1.807, 2.05) is 0 Å². The first-order valence-electron chi connectivity index (χ1n) is 7.79. The average Bonchev–Trinajstić information content (AvgIpc) is 3.14. The van der Waals surface area contributed by atoms with E-state index in [4.69, 9.17) is 4.42 Å². The average molecular weight is 302 g/mol. The first kappa shape index (κ1) is 14.9. The first-order chi connectivity index (χ1) is 10.0. The van der Waals surface area contributed by atoms with Crippen molar-refractivity contribution in [3.63, 3.8) is 0 Å². The summed E-state index contributed by atoms with van der Waals surface area (Å²) in [7, 11) is 0. The SMILES string of the molecule is FC(F)(F)C1CCCCC1c1cnc(CCNC2CC2)o1. The summed E-state index contributed by atoms with van der Waals surface area (Å²) in [6.07, 6.45) is 2.64. The molecular formula is C15H21F3N2O. The summed E-state index contributed by atoms with van der Waals surface area (Å²) in [5.74, 6) is -0.879. The number of halogens is 3. The highest BCUT2D eigenvalue weighted by molar-refractivity contribution is 5.07. The van der Waals surface area contributed by atoms with Crippen LogP contribution in [0.15, 0.2) is 10.6 Å². The minimum atomic E-state index is -4.15. The Hall–Kier alpha value is -1.04. The molecule has 2 atom stereocenters. The van der Waals surface area contributed by atoms with Gasteiger partial charge >= 0.3 is 6.18 Å². The van der Waals surface area contributed by atoms with Gasteiger partial charge in [-0.1, -0.05) is 12.8 Å². The first-order valence-corrected chi connectivity index (χ1v) is 7.79. The third-order valence-corrected chi connectivity index (χ3v) is 4.47. The summed E-state index contributed by atoms with van der Waals surface area (Å²) in [6.45, 7) is 0.776. The molecule has 0 radical (unpaired) electrons. The highest BCUT2D eigenvalue weighted by Crippen LogP contribution is 2.46. The van der Waals surface area contributed by atoms with Crippen LogP contribution in [0.25, 0.3) is 0 Å². The number of hydrogen-bond donors (Lipinski definition) is 1. The Bertz CT molecular complexity index is 468. The van der Waals surface area contributed by atoms with Crippen LogP contribution < -0.4 is 5.32 Å². The monoisotopic (exact) mass is 302 g/mol. The predicted octanol–water partition coefficient (Wildman–Crippen LogP) is 3.81. The van der Waals surface area contributed by atoms with Crippen molar-refractivity contribution >= 4 is 0 Å². The fourth-order valence-corrected chi connectivity index (χ4v) is 3.15. The molecule has 1 aromatic heterocycles. The maximum absolute atomic E-state index is 13.1. The summed E-state index contributed by atoms with van der Waals surface area (Å²) < 4.78 is 44.9. The van der Waals surface area contributed by atoms with Crippen LogP contribution in [0, 0.1) is 5.92 Å². The van der Waals surface area contributed by atoms with Crippen LogP contribution in [0.5, 0.6) is 0 Å². The maximum atomic E-state index is 13.1. The van der Waals surface area contributed by atoms with E-state index in [9.17, 15) is 13.2 Å². The molecule has 0 amide bonds. The smallest absolute Gasteiger partial charge is 0.392 e. The van der Waals surface area contributed by atoms with E-state index in [1.165, 1.54) is 19.0 Å². The Labute approximate surface area is 122 Å². The summed E-state index contributed by atoms with van der Waals surface area (Å²) >= 11 is 0. The van der Waals surface area contributed by atoms with Crippen molar-refractivity contribution in [1.29, 1.82) is 0 Å². The van der Waals surface area contributed by atoms with Gasteiger partial charge in [-0.2, -0.15) is 13.2 Å². The van der Waals surface area contributed by atoms with Gasteiger partial charge in [0, 0.05) is 24.9 Å². The fraction of sp³-hybridized carbons (Fsp3) is 0.800. The van der Waals surface area contributed by atoms with E-state index in [2.05, 4.69) is 10.3 Å². The lowest BCUT2D eigenvalue weighted by Crippen LogP contribution is -2.31. The minimum absolute atomic E-state index is 0.202. The Balaban J connectivity index is 1.62. The zero-order valence-corrected chi connectivity index (χ0v) is 12.0. The molecule has 1 N–H and O–H groups in total. The number of alkyl halides is 3. The van der Waals surface area contributed by atoms with Gasteiger partial charge in [0.15, 0.2) is 5.89 Å². The Kier molecular flexibility index (Phi) is 4.24. The second-order valence-corrected chi connectivity index (χ2v) is 6.17. The van der Waals surface area contributed by atoms with Crippen molar-refractivity contribution in [2.75, 3.05) is 6.54 Å². The van der Waals surface area contributed by atoms with Gasteiger partial charge in [0.1, 0.15) is 5.76 Å². The van der Waals surface area contributed by atoms with E-state index in [0.29, 0.717) is 37.0 Å². The van der Waals surface area contributed by atoms with Gasteiger partial charge in [-0.05, 0) is 25.7 Å². The van der Waals surface area contributed by atoms with Crippen LogP contribution in [-0.2, 0) is 6.42 Å². The van der Waals surface area contributed by atoms with Gasteiger partial charge in [-0.3, -0.25) is 0 Å². The van der Waals surface area contributed by atoms with E-state index in [0.717, 1.165) is 13.0 Å². The predicted molar refractivity (Wildman–Crippen MR) is 72.0 cm³/mol. The Morgan fingerprint density at radius 3 is 2.67 bits per heavy atom. The molecule has 0 bridgehead atoms. The van der Waals surface area contributed by atoms with Gasteiger partial charge in [-0.25, -0.2) is 4.98 Å². The van der Waals surface area contributed by atoms with Gasteiger partial charge in [-0.15, -0.1) is 0 Å². The van der Waals surface area contributed by atoms with Crippen LogP contribution in [0.1, 0.15) is 56.1 Å². The zero-order chi connectivity index (χ0) is 14.9. The number of hydrogen-bond acceptors (Lipinski definition) is 3. The summed E-state index contributed by atoms with van der Waals surface area (Å²) in [5, 5.41) is 3.35. The Morgan fingerprint density at radius 2 is 1.95 bits per heavy atom. The molecule has 6 heteroatoms. The minimum Gasteiger partial charge on any atom is -0.445 e. The van der Waals surface area contributed by atoms with Crippen LogP contribution in [0.2, 0.25) is 0 Å². The molecule has 0 aromatic carbocycles. The zero-order valence-electron chi connectivity index (χ0n) is 12.0. The summed E-state index contributed by atoms with van der Waals surface area (Å²) in [6, 6.07) is 0.618. The number of oxazole rings is 1. The topological polar surface area (TPSA) is 38.1 Å². The lowest BCUT2D eigenvalue weighted by molar-refractivity contribution is -0.188. The van der Waals surface area contributed by atoms with Crippen molar-refractivity contribution in [3.8, 4) is 0 Å². The largest absolute Gasteiger partial charge is 0.445 e. The van der Waals surface area contributed by atoms with E-state index in [-0.39, 0.29) is 6.42 Å². The number of rotatable bonds is 5. The van der Waals surface area contributed by atoms with Crippen molar-refractivity contribution in [1.82, 2.24) is 10.3 Å². The molecule has 21 heavy (non-hydrogen) atoms. The fourth-order valence-electron chi connectivity index (χ4n) is 3.15. The number of nitrogens with zero attached hydrogens (tertiary/aromatic N) is 1. The molecule has 118 valence electrons. The molecule has 0 aliphatic heterocycles. The van der Waals surface area contributed by atoms with Gasteiger partial charge in [0.05, 0.1) is 12.1 Å². The second kappa shape index (κ2) is 5.99. The van der Waals surface area contributed by atoms with Crippen molar-refractivity contribution in [2.45, 2.75) is 63.1 Å². The van der Waals surface area contributed by atoms with Crippen LogP contribution in [0.3, 0.4) is 0 Å². The molecule has 1 heterocycles. The number of aromatic nitrogens is 1. The lowest BCUT2D eigenvalue weighted by Gasteiger charge is -2.31. The lowest BCUT2D eigenvalue weighted by atomic mass is 9.77. The van der Waals surface area contributed by atoms with Crippen LogP contribution in [-0.4, -0.2) is 23.7 Å². The second-order valence-electron chi connectivity index (χ2n) is 6.17. The van der Waals surface area contributed by atoms with E-state index in [1.54, 1.807) is 0 Å². The molecule has 2 aliphatic rings. The molecule has 0 spiro atoms. The molecule has 2 aliphatic carbocycles. The molecule has 2 fully saturated rings. The molecule has 0 saturated heterocycles. The van der Waals surface area contributed by atoms with Crippen LogP contribution in [0.4, 0.5) is 13.2 Å². The normalized spacial score (nSPS) is 27.0. The maximum Gasteiger partial charge on any atom is 0.392 e. The molecule has 3 nitrogen and oxygen atoms in total. The van der Waals surface area contributed by atoms with Gasteiger partial charge in [0.25, 0.3) is 0 Å². The molecular weight excluding hydrogens is 281 g/mol. The molecule has 2 unspecified atom stereocenters. The molecule has 2 saturated carbocycles. The number of nitrogens with one attached hydrogen (secondary N) is 1. The van der Waals surface area contributed by atoms with Gasteiger partial charge < -0.3 is 9.73 Å². The molecule has 1 aromatic rings. The van der Waals surface area contributed by atoms with Crippen LogP contribution >= 0.6 is 0 Å². The standard InChI is InChI=1S/C15H21F3N2O/c16-15(17,18)12-4-2-1-3-11(12)13-9-20-14(21-13)7-8-19-10-5-6-10/h9-12,19H,1-8H2. The van der Waals surface area contributed by atoms with Crippen molar-refractivity contribution in [3.05, 3.63) is 17.8 Å². The third kappa shape index (κ3) is 3.78. The highest BCUT2D eigenvalue weighted by Gasteiger charge is 2.47. The van der Waals surface area contributed by atoms with E-state index < -0.39 is 18.0 Å².